The predicted octanol–water partition coefficient (Wildman–Crippen LogP) is 7.05. The van der Waals surface area contributed by atoms with Crippen molar-refractivity contribution >= 4 is 58.0 Å². The normalized spacial score (nSPS) is 11.3. The lowest BCUT2D eigenvalue weighted by molar-refractivity contribution is -0.131. The Hall–Kier alpha value is -3.42. The summed E-state index contributed by atoms with van der Waals surface area (Å²) in [5.41, 5.74) is 2.20. The average Bonchev–Trinajstić information content (AvgIpc) is 3.38. The van der Waals surface area contributed by atoms with Gasteiger partial charge in [-0.2, -0.15) is 0 Å². The Morgan fingerprint density at radius 2 is 1.76 bits per heavy atom. The molecule has 3 aromatic carbocycles. The molecule has 0 saturated heterocycles. The summed E-state index contributed by atoms with van der Waals surface area (Å²) in [5, 5.41) is 19.7. The number of methoxy groups -OCH3 is 3. The molecule has 1 N–H and O–H groups in total. The standard InChI is InChI=1S/C29H27ClIN3O6S/c1-5-34-27(19-13-20(37-2)15-21(14-19)38-3)32-33-29(34)41-25(28(35)36)12-17-10-23(31)26(24(11-17)39-4)40-16-18-8-6-7-9-22(18)30/h6-15H,5,16H2,1-4H3,(H,35,36)/b25-12-. The molecular formula is C29H27ClIN3O6S. The molecule has 4 rings (SSSR count). The van der Waals surface area contributed by atoms with Crippen LogP contribution < -0.4 is 18.9 Å². The van der Waals surface area contributed by atoms with E-state index in [9.17, 15) is 9.90 Å². The topological polar surface area (TPSA) is 105 Å². The first-order chi connectivity index (χ1) is 19.8. The van der Waals surface area contributed by atoms with E-state index in [4.69, 9.17) is 30.5 Å². The van der Waals surface area contributed by atoms with Crippen molar-refractivity contribution in [1.82, 2.24) is 14.8 Å². The maximum atomic E-state index is 12.3. The molecule has 1 heterocycles. The summed E-state index contributed by atoms with van der Waals surface area (Å²) in [6.45, 7) is 2.71. The van der Waals surface area contributed by atoms with Crippen molar-refractivity contribution in [2.24, 2.45) is 0 Å². The zero-order chi connectivity index (χ0) is 29.5. The van der Waals surface area contributed by atoms with E-state index in [0.29, 0.717) is 51.1 Å². The van der Waals surface area contributed by atoms with E-state index >= 15 is 0 Å². The van der Waals surface area contributed by atoms with Gasteiger partial charge in [0.25, 0.3) is 0 Å². The Labute approximate surface area is 260 Å². The van der Waals surface area contributed by atoms with E-state index in [1.165, 1.54) is 7.11 Å². The number of hydrogen-bond acceptors (Lipinski definition) is 8. The van der Waals surface area contributed by atoms with Crippen molar-refractivity contribution in [2.45, 2.75) is 25.2 Å². The van der Waals surface area contributed by atoms with Crippen LogP contribution in [0, 0.1) is 3.57 Å². The average molecular weight is 708 g/mol. The molecule has 0 aliphatic heterocycles. The molecule has 12 heteroatoms. The Bertz CT molecular complexity index is 1570. The third-order valence-corrected chi connectivity index (χ3v) is 8.10. The molecule has 0 radical (unpaired) electrons. The number of rotatable bonds is 12. The SMILES string of the molecule is CCn1c(S/C(=C\c2cc(I)c(OCc3ccccc3Cl)c(OC)c2)C(=O)O)nnc1-c1cc(OC)cc(OC)c1. The molecule has 0 saturated carbocycles. The molecule has 41 heavy (non-hydrogen) atoms. The van der Waals surface area contributed by atoms with Gasteiger partial charge in [-0.1, -0.05) is 29.8 Å². The Balaban J connectivity index is 1.64. The molecule has 0 atom stereocenters. The summed E-state index contributed by atoms with van der Waals surface area (Å²) >= 11 is 9.41. The van der Waals surface area contributed by atoms with Gasteiger partial charge in [-0.05, 0) is 83.2 Å². The van der Waals surface area contributed by atoms with Gasteiger partial charge < -0.3 is 28.6 Å². The van der Waals surface area contributed by atoms with Crippen molar-refractivity contribution in [2.75, 3.05) is 21.3 Å². The molecular weight excluding hydrogens is 681 g/mol. The highest BCUT2D eigenvalue weighted by molar-refractivity contribution is 14.1. The molecule has 0 amide bonds. The van der Waals surface area contributed by atoms with E-state index in [1.807, 2.05) is 47.9 Å². The van der Waals surface area contributed by atoms with Gasteiger partial charge in [0.1, 0.15) is 23.0 Å². The van der Waals surface area contributed by atoms with Crippen molar-refractivity contribution in [3.63, 3.8) is 0 Å². The molecule has 0 aliphatic carbocycles. The van der Waals surface area contributed by atoms with Crippen LogP contribution in [0.5, 0.6) is 23.0 Å². The summed E-state index contributed by atoms with van der Waals surface area (Å²) in [5.74, 6) is 1.68. The minimum Gasteiger partial charge on any atom is -0.497 e. The third kappa shape index (κ3) is 7.27. The Morgan fingerprint density at radius 3 is 2.37 bits per heavy atom. The molecule has 0 bridgehead atoms. The lowest BCUT2D eigenvalue weighted by Crippen LogP contribution is -2.03. The fraction of sp³-hybridized carbons (Fsp3) is 0.207. The number of carbonyl (C=O) groups is 1. The zero-order valence-electron chi connectivity index (χ0n) is 22.7. The molecule has 0 unspecified atom stereocenters. The second-order valence-corrected chi connectivity index (χ2v) is 11.1. The van der Waals surface area contributed by atoms with E-state index in [2.05, 4.69) is 32.8 Å². The highest BCUT2D eigenvalue weighted by Crippen LogP contribution is 2.38. The Kier molecular flexibility index (Phi) is 10.4. The summed E-state index contributed by atoms with van der Waals surface area (Å²) in [4.78, 5) is 12.4. The van der Waals surface area contributed by atoms with Crippen molar-refractivity contribution in [3.05, 3.63) is 79.2 Å². The smallest absolute Gasteiger partial charge is 0.342 e. The number of ether oxygens (including phenoxy) is 4. The first kappa shape index (κ1) is 30.5. The van der Waals surface area contributed by atoms with Gasteiger partial charge in [0, 0.05) is 28.8 Å². The second kappa shape index (κ2) is 14.0. The van der Waals surface area contributed by atoms with Crippen LogP contribution in [0.4, 0.5) is 0 Å². The minimum atomic E-state index is -1.10. The fourth-order valence-corrected chi connectivity index (χ4v) is 5.77. The number of thioether (sulfide) groups is 1. The largest absolute Gasteiger partial charge is 0.497 e. The molecule has 0 spiro atoms. The molecule has 214 valence electrons. The number of benzene rings is 3. The molecule has 0 aliphatic rings. The van der Waals surface area contributed by atoms with Crippen LogP contribution in [0.15, 0.2) is 64.7 Å². The first-order valence-electron chi connectivity index (χ1n) is 12.3. The van der Waals surface area contributed by atoms with Crippen LogP contribution in [-0.2, 0) is 17.9 Å². The summed E-state index contributed by atoms with van der Waals surface area (Å²) < 4.78 is 25.0. The van der Waals surface area contributed by atoms with E-state index in [1.54, 1.807) is 38.5 Å². The molecule has 9 nitrogen and oxygen atoms in total. The van der Waals surface area contributed by atoms with E-state index in [0.717, 1.165) is 26.5 Å². The van der Waals surface area contributed by atoms with Gasteiger partial charge >= 0.3 is 5.97 Å². The number of aliphatic carboxylic acids is 1. The van der Waals surface area contributed by atoms with Gasteiger partial charge in [-0.15, -0.1) is 10.2 Å². The first-order valence-corrected chi connectivity index (χ1v) is 14.6. The minimum absolute atomic E-state index is 0.0597. The highest BCUT2D eigenvalue weighted by Gasteiger charge is 2.20. The van der Waals surface area contributed by atoms with Crippen LogP contribution in [0.3, 0.4) is 0 Å². The number of nitrogens with zero attached hydrogens (tertiary/aromatic N) is 3. The van der Waals surface area contributed by atoms with Crippen molar-refractivity contribution in [1.29, 1.82) is 0 Å². The van der Waals surface area contributed by atoms with Crippen LogP contribution >= 0.6 is 46.0 Å². The van der Waals surface area contributed by atoms with Crippen molar-refractivity contribution < 1.29 is 28.8 Å². The fourth-order valence-electron chi connectivity index (χ4n) is 3.91. The van der Waals surface area contributed by atoms with Crippen LogP contribution in [0.25, 0.3) is 17.5 Å². The van der Waals surface area contributed by atoms with Crippen LogP contribution in [-0.4, -0.2) is 47.2 Å². The number of hydrogen-bond donors (Lipinski definition) is 1. The lowest BCUT2D eigenvalue weighted by Gasteiger charge is -2.14. The van der Waals surface area contributed by atoms with Gasteiger partial charge in [-0.25, -0.2) is 4.79 Å². The van der Waals surface area contributed by atoms with Gasteiger partial charge in [0.2, 0.25) is 0 Å². The summed E-state index contributed by atoms with van der Waals surface area (Å²) in [7, 11) is 4.68. The predicted molar refractivity (Wildman–Crippen MR) is 167 cm³/mol. The lowest BCUT2D eigenvalue weighted by atomic mass is 10.2. The van der Waals surface area contributed by atoms with Gasteiger partial charge in [-0.3, -0.25) is 0 Å². The quantitative estimate of drug-likeness (QED) is 0.0943. The van der Waals surface area contributed by atoms with Crippen LogP contribution in [0.2, 0.25) is 5.02 Å². The molecule has 1 aromatic heterocycles. The molecule has 0 fully saturated rings. The maximum absolute atomic E-state index is 12.3. The zero-order valence-corrected chi connectivity index (χ0v) is 26.4. The van der Waals surface area contributed by atoms with E-state index in [-0.39, 0.29) is 11.5 Å². The number of halogens is 2. The number of carboxylic acids is 1. The Morgan fingerprint density at radius 1 is 1.05 bits per heavy atom. The number of carboxylic acid groups (broad SMARTS) is 1. The monoisotopic (exact) mass is 707 g/mol. The number of aromatic nitrogens is 3. The summed E-state index contributed by atoms with van der Waals surface area (Å²) in [6, 6.07) is 16.4. The molecule has 4 aromatic rings. The highest BCUT2D eigenvalue weighted by atomic mass is 127. The second-order valence-electron chi connectivity index (χ2n) is 8.48. The maximum Gasteiger partial charge on any atom is 0.342 e. The van der Waals surface area contributed by atoms with E-state index < -0.39 is 5.97 Å². The third-order valence-electron chi connectivity index (χ3n) is 5.93. The van der Waals surface area contributed by atoms with Crippen LogP contribution in [0.1, 0.15) is 18.1 Å². The summed E-state index contributed by atoms with van der Waals surface area (Å²) in [6.07, 6.45) is 1.57. The van der Waals surface area contributed by atoms with Gasteiger partial charge in [0.05, 0.1) is 24.9 Å². The van der Waals surface area contributed by atoms with Crippen molar-refractivity contribution in [3.8, 4) is 34.4 Å². The van der Waals surface area contributed by atoms with Gasteiger partial charge in [0.15, 0.2) is 22.5 Å².